The number of halogens is 1. The molecule has 3 nitrogen and oxygen atoms in total. The number of hydrogen-bond acceptors (Lipinski definition) is 3. The molecule has 0 unspecified atom stereocenters. The number of thioether (sulfide) groups is 1. The van der Waals surface area contributed by atoms with Crippen molar-refractivity contribution < 1.29 is 9.18 Å². The first kappa shape index (κ1) is 13.5. The van der Waals surface area contributed by atoms with Crippen LogP contribution in [0.1, 0.15) is 6.92 Å². The third-order valence-electron chi connectivity index (χ3n) is 2.44. The summed E-state index contributed by atoms with van der Waals surface area (Å²) in [6.45, 7) is 1.76. The monoisotopic (exact) mass is 276 g/mol. The Bertz CT molecular complexity index is 562. The lowest BCUT2D eigenvalue weighted by atomic mass is 10.3. The van der Waals surface area contributed by atoms with Crippen LogP contribution >= 0.6 is 11.8 Å². The van der Waals surface area contributed by atoms with Crippen molar-refractivity contribution in [2.75, 3.05) is 5.32 Å². The number of pyridine rings is 1. The highest BCUT2D eigenvalue weighted by Crippen LogP contribution is 2.22. The maximum absolute atomic E-state index is 13.4. The molecule has 1 heterocycles. The summed E-state index contributed by atoms with van der Waals surface area (Å²) < 4.78 is 13.4. The fraction of sp³-hybridized carbons (Fsp3) is 0.143. The lowest BCUT2D eigenvalue weighted by Crippen LogP contribution is -2.23. The minimum atomic E-state index is -0.439. The molecule has 0 aliphatic heterocycles. The molecule has 0 spiro atoms. The molecule has 98 valence electrons. The van der Waals surface area contributed by atoms with Gasteiger partial charge in [-0.05, 0) is 31.2 Å². The van der Waals surface area contributed by atoms with E-state index in [-0.39, 0.29) is 16.8 Å². The second-order valence-electron chi connectivity index (χ2n) is 3.90. The fourth-order valence-corrected chi connectivity index (χ4v) is 2.26. The summed E-state index contributed by atoms with van der Waals surface area (Å²) >= 11 is 1.33. The topological polar surface area (TPSA) is 42.0 Å². The van der Waals surface area contributed by atoms with E-state index in [1.165, 1.54) is 23.9 Å². The Balaban J connectivity index is 1.99. The molecule has 5 heteroatoms. The molecule has 0 saturated heterocycles. The molecule has 0 aliphatic rings. The summed E-state index contributed by atoms with van der Waals surface area (Å²) in [6.07, 6.45) is 1.67. The van der Waals surface area contributed by atoms with E-state index in [0.717, 1.165) is 5.03 Å². The van der Waals surface area contributed by atoms with E-state index in [9.17, 15) is 9.18 Å². The van der Waals surface area contributed by atoms with E-state index in [1.807, 2.05) is 18.2 Å². The molecule has 0 radical (unpaired) electrons. The number of para-hydroxylation sites is 1. The van der Waals surface area contributed by atoms with Crippen LogP contribution in [0.15, 0.2) is 53.7 Å². The van der Waals surface area contributed by atoms with E-state index in [4.69, 9.17) is 0 Å². The average Bonchev–Trinajstić information content (AvgIpc) is 2.42. The fourth-order valence-electron chi connectivity index (χ4n) is 1.45. The Morgan fingerprint density at radius 2 is 2.00 bits per heavy atom. The molecule has 1 aromatic heterocycles. The number of hydrogen-bond donors (Lipinski definition) is 1. The predicted molar refractivity (Wildman–Crippen MR) is 74.6 cm³/mol. The average molecular weight is 276 g/mol. The van der Waals surface area contributed by atoms with Crippen molar-refractivity contribution in [1.82, 2.24) is 4.98 Å². The van der Waals surface area contributed by atoms with Crippen molar-refractivity contribution in [2.24, 2.45) is 0 Å². The van der Waals surface area contributed by atoms with Gasteiger partial charge in [-0.2, -0.15) is 0 Å². The highest BCUT2D eigenvalue weighted by Gasteiger charge is 2.16. The molecule has 1 amide bonds. The zero-order valence-corrected chi connectivity index (χ0v) is 11.2. The van der Waals surface area contributed by atoms with Crippen LogP contribution in [0.4, 0.5) is 10.1 Å². The Morgan fingerprint density at radius 1 is 1.26 bits per heavy atom. The quantitative estimate of drug-likeness (QED) is 0.871. The molecule has 2 rings (SSSR count). The second-order valence-corrected chi connectivity index (χ2v) is 5.26. The van der Waals surface area contributed by atoms with Crippen LogP contribution in [0, 0.1) is 5.82 Å². The molecule has 0 fully saturated rings. The van der Waals surface area contributed by atoms with Gasteiger partial charge in [0.2, 0.25) is 5.91 Å². The number of nitrogens with one attached hydrogen (secondary N) is 1. The zero-order chi connectivity index (χ0) is 13.7. The van der Waals surface area contributed by atoms with Crippen molar-refractivity contribution in [3.8, 4) is 0 Å². The van der Waals surface area contributed by atoms with Gasteiger partial charge < -0.3 is 5.32 Å². The Kier molecular flexibility index (Phi) is 4.52. The van der Waals surface area contributed by atoms with Gasteiger partial charge in [0.25, 0.3) is 0 Å². The second kappa shape index (κ2) is 6.33. The number of aromatic nitrogens is 1. The van der Waals surface area contributed by atoms with Crippen molar-refractivity contribution in [1.29, 1.82) is 0 Å². The van der Waals surface area contributed by atoms with Gasteiger partial charge in [-0.25, -0.2) is 9.37 Å². The number of anilines is 1. The SMILES string of the molecule is C[C@@H](Sc1ccccn1)C(=O)Nc1ccccc1F. The summed E-state index contributed by atoms with van der Waals surface area (Å²) in [7, 11) is 0. The van der Waals surface area contributed by atoms with Gasteiger partial charge in [0, 0.05) is 6.20 Å². The maximum Gasteiger partial charge on any atom is 0.237 e. The summed E-state index contributed by atoms with van der Waals surface area (Å²) in [4.78, 5) is 16.1. The van der Waals surface area contributed by atoms with Gasteiger partial charge in [-0.1, -0.05) is 30.0 Å². The minimum Gasteiger partial charge on any atom is -0.323 e. The Labute approximate surface area is 115 Å². The van der Waals surface area contributed by atoms with Gasteiger partial charge in [0.1, 0.15) is 5.82 Å². The summed E-state index contributed by atoms with van der Waals surface area (Å²) in [6, 6.07) is 11.6. The standard InChI is InChI=1S/C14H13FN2OS/c1-10(19-13-8-4-5-9-16-13)14(18)17-12-7-3-2-6-11(12)15/h2-10H,1H3,(H,17,18)/t10-/m1/s1. The number of amides is 1. The van der Waals surface area contributed by atoms with Crippen molar-refractivity contribution in [2.45, 2.75) is 17.2 Å². The predicted octanol–water partition coefficient (Wildman–Crippen LogP) is 3.34. The molecule has 19 heavy (non-hydrogen) atoms. The molecule has 0 bridgehead atoms. The largest absolute Gasteiger partial charge is 0.323 e. The van der Waals surface area contributed by atoms with Gasteiger partial charge in [-0.15, -0.1) is 0 Å². The number of rotatable bonds is 4. The third-order valence-corrected chi connectivity index (χ3v) is 3.49. The van der Waals surface area contributed by atoms with Crippen LogP contribution in [0.25, 0.3) is 0 Å². The normalized spacial score (nSPS) is 11.9. The van der Waals surface area contributed by atoms with Gasteiger partial charge in [0.05, 0.1) is 16.0 Å². The van der Waals surface area contributed by atoms with E-state index >= 15 is 0 Å². The molecule has 2 aromatic rings. The number of benzene rings is 1. The third kappa shape index (κ3) is 3.79. The van der Waals surface area contributed by atoms with Crippen molar-refractivity contribution in [3.05, 3.63) is 54.5 Å². The van der Waals surface area contributed by atoms with Crippen molar-refractivity contribution >= 4 is 23.4 Å². The highest BCUT2D eigenvalue weighted by molar-refractivity contribution is 8.00. The molecule has 1 atom stereocenters. The molecule has 0 aliphatic carbocycles. The maximum atomic E-state index is 13.4. The van der Waals surface area contributed by atoms with Gasteiger partial charge >= 0.3 is 0 Å². The first-order chi connectivity index (χ1) is 9.16. The number of nitrogens with zero attached hydrogens (tertiary/aromatic N) is 1. The van der Waals surface area contributed by atoms with Crippen LogP contribution in [0.5, 0.6) is 0 Å². The van der Waals surface area contributed by atoms with Crippen LogP contribution in [-0.2, 0) is 4.79 Å². The number of carbonyl (C=O) groups is 1. The zero-order valence-electron chi connectivity index (χ0n) is 10.3. The van der Waals surface area contributed by atoms with Crippen molar-refractivity contribution in [3.63, 3.8) is 0 Å². The molecule has 1 aromatic carbocycles. The highest BCUT2D eigenvalue weighted by atomic mass is 32.2. The van der Waals surface area contributed by atoms with Crippen LogP contribution in [0.3, 0.4) is 0 Å². The molecule has 1 N–H and O–H groups in total. The van der Waals surface area contributed by atoms with E-state index in [0.29, 0.717) is 0 Å². The van der Waals surface area contributed by atoms with E-state index < -0.39 is 5.82 Å². The Hall–Kier alpha value is -1.88. The van der Waals surface area contributed by atoms with Gasteiger partial charge in [-0.3, -0.25) is 4.79 Å². The Morgan fingerprint density at radius 3 is 2.68 bits per heavy atom. The molecular formula is C14H13FN2OS. The summed E-state index contributed by atoms with van der Waals surface area (Å²) in [5.74, 6) is -0.688. The van der Waals surface area contributed by atoms with Crippen LogP contribution in [0.2, 0.25) is 0 Å². The number of carbonyl (C=O) groups excluding carboxylic acids is 1. The van der Waals surface area contributed by atoms with Gasteiger partial charge in [0.15, 0.2) is 0 Å². The van der Waals surface area contributed by atoms with Crippen LogP contribution in [-0.4, -0.2) is 16.1 Å². The first-order valence-electron chi connectivity index (χ1n) is 5.80. The first-order valence-corrected chi connectivity index (χ1v) is 6.68. The minimum absolute atomic E-state index is 0.195. The van der Waals surface area contributed by atoms with E-state index in [1.54, 1.807) is 25.3 Å². The van der Waals surface area contributed by atoms with Crippen LogP contribution < -0.4 is 5.32 Å². The lowest BCUT2D eigenvalue weighted by Gasteiger charge is -2.11. The summed E-state index contributed by atoms with van der Waals surface area (Å²) in [5.41, 5.74) is 0.195. The smallest absolute Gasteiger partial charge is 0.237 e. The molecular weight excluding hydrogens is 263 g/mol. The summed E-state index contributed by atoms with van der Waals surface area (Å²) in [5, 5.41) is 2.98. The van der Waals surface area contributed by atoms with E-state index in [2.05, 4.69) is 10.3 Å². The molecule has 0 saturated carbocycles. The lowest BCUT2D eigenvalue weighted by molar-refractivity contribution is -0.115.